The fourth-order valence-corrected chi connectivity index (χ4v) is 2.01. The van der Waals surface area contributed by atoms with Crippen molar-refractivity contribution in [2.45, 2.75) is 12.1 Å². The Hall–Kier alpha value is -2.21. The number of hydrogen-bond donors (Lipinski definition) is 1. The molecular formula is C14H14N4OS. The molecule has 102 valence electrons. The monoisotopic (exact) mass is 286 g/mol. The third kappa shape index (κ3) is 4.47. The molecule has 1 N–H and O–H groups in total. The SMILES string of the molecule is C/C(=N/NC(=O)CSc1ncccn1)c1ccccc1. The largest absolute Gasteiger partial charge is 0.272 e. The van der Waals surface area contributed by atoms with E-state index in [-0.39, 0.29) is 11.7 Å². The fourth-order valence-electron chi connectivity index (χ4n) is 1.41. The van der Waals surface area contributed by atoms with Crippen LogP contribution in [0, 0.1) is 0 Å². The van der Waals surface area contributed by atoms with Crippen molar-refractivity contribution in [1.29, 1.82) is 0 Å². The molecule has 0 aliphatic carbocycles. The summed E-state index contributed by atoms with van der Waals surface area (Å²) in [5.41, 5.74) is 4.27. The number of thioether (sulfide) groups is 1. The summed E-state index contributed by atoms with van der Waals surface area (Å²) in [4.78, 5) is 19.7. The molecule has 1 amide bonds. The van der Waals surface area contributed by atoms with Gasteiger partial charge in [0.2, 0.25) is 0 Å². The lowest BCUT2D eigenvalue weighted by atomic mass is 10.1. The van der Waals surface area contributed by atoms with Crippen LogP contribution in [-0.4, -0.2) is 27.3 Å². The molecule has 0 aliphatic rings. The average molecular weight is 286 g/mol. The van der Waals surface area contributed by atoms with E-state index in [1.807, 2.05) is 37.3 Å². The van der Waals surface area contributed by atoms with Crippen LogP contribution in [-0.2, 0) is 4.79 Å². The van der Waals surface area contributed by atoms with Gasteiger partial charge in [0.05, 0.1) is 11.5 Å². The zero-order chi connectivity index (χ0) is 14.2. The number of nitrogens with one attached hydrogen (secondary N) is 1. The van der Waals surface area contributed by atoms with Gasteiger partial charge in [0.1, 0.15) is 0 Å². The smallest absolute Gasteiger partial charge is 0.250 e. The third-order valence-electron chi connectivity index (χ3n) is 2.41. The molecule has 1 aromatic heterocycles. The van der Waals surface area contributed by atoms with Crippen LogP contribution < -0.4 is 5.43 Å². The first-order valence-electron chi connectivity index (χ1n) is 6.04. The molecule has 0 aliphatic heterocycles. The first kappa shape index (κ1) is 14.2. The lowest BCUT2D eigenvalue weighted by molar-refractivity contribution is -0.118. The van der Waals surface area contributed by atoms with Crippen molar-refractivity contribution >= 4 is 23.4 Å². The number of hydrogen-bond acceptors (Lipinski definition) is 5. The van der Waals surface area contributed by atoms with E-state index in [4.69, 9.17) is 0 Å². The number of rotatable bonds is 5. The minimum Gasteiger partial charge on any atom is -0.272 e. The van der Waals surface area contributed by atoms with Crippen LogP contribution in [0.1, 0.15) is 12.5 Å². The van der Waals surface area contributed by atoms with Gasteiger partial charge in [-0.15, -0.1) is 0 Å². The summed E-state index contributed by atoms with van der Waals surface area (Å²) in [6.45, 7) is 1.85. The van der Waals surface area contributed by atoms with Crippen LogP contribution in [0.2, 0.25) is 0 Å². The normalized spacial score (nSPS) is 11.2. The Morgan fingerprint density at radius 3 is 2.60 bits per heavy atom. The lowest BCUT2D eigenvalue weighted by Crippen LogP contribution is -2.21. The quantitative estimate of drug-likeness (QED) is 0.395. The van der Waals surface area contributed by atoms with E-state index < -0.39 is 0 Å². The molecule has 1 heterocycles. The number of carbonyl (C=O) groups excluding carboxylic acids is 1. The van der Waals surface area contributed by atoms with E-state index in [1.54, 1.807) is 18.5 Å². The van der Waals surface area contributed by atoms with Crippen LogP contribution in [0.15, 0.2) is 59.0 Å². The van der Waals surface area contributed by atoms with Crippen molar-refractivity contribution in [1.82, 2.24) is 15.4 Å². The molecule has 2 aromatic rings. The van der Waals surface area contributed by atoms with Gasteiger partial charge in [0, 0.05) is 12.4 Å². The van der Waals surface area contributed by atoms with E-state index in [9.17, 15) is 4.79 Å². The number of nitrogens with zero attached hydrogens (tertiary/aromatic N) is 3. The average Bonchev–Trinajstić information content (AvgIpc) is 2.52. The zero-order valence-electron chi connectivity index (χ0n) is 11.0. The second kappa shape index (κ2) is 7.40. The van der Waals surface area contributed by atoms with Crippen molar-refractivity contribution in [3.05, 3.63) is 54.4 Å². The second-order valence-corrected chi connectivity index (χ2v) is 4.86. The zero-order valence-corrected chi connectivity index (χ0v) is 11.8. The second-order valence-electron chi connectivity index (χ2n) is 3.92. The Balaban J connectivity index is 1.83. The summed E-state index contributed by atoms with van der Waals surface area (Å²) in [5, 5.41) is 4.64. The molecule has 0 atom stereocenters. The van der Waals surface area contributed by atoms with Crippen LogP contribution in [0.3, 0.4) is 0 Å². The molecule has 0 saturated heterocycles. The van der Waals surface area contributed by atoms with Gasteiger partial charge in [-0.05, 0) is 18.6 Å². The number of carbonyl (C=O) groups is 1. The highest BCUT2D eigenvalue weighted by Crippen LogP contribution is 2.09. The molecule has 0 bridgehead atoms. The summed E-state index contributed by atoms with van der Waals surface area (Å²) in [6, 6.07) is 11.4. The Morgan fingerprint density at radius 2 is 1.90 bits per heavy atom. The van der Waals surface area contributed by atoms with E-state index in [0.29, 0.717) is 5.16 Å². The molecule has 0 spiro atoms. The molecular weight excluding hydrogens is 272 g/mol. The molecule has 5 nitrogen and oxygen atoms in total. The predicted molar refractivity (Wildman–Crippen MR) is 79.6 cm³/mol. The van der Waals surface area contributed by atoms with Gasteiger partial charge >= 0.3 is 0 Å². The van der Waals surface area contributed by atoms with Crippen LogP contribution in [0.5, 0.6) is 0 Å². The highest BCUT2D eigenvalue weighted by atomic mass is 32.2. The Morgan fingerprint density at radius 1 is 1.20 bits per heavy atom. The van der Waals surface area contributed by atoms with E-state index >= 15 is 0 Å². The topological polar surface area (TPSA) is 67.2 Å². The molecule has 20 heavy (non-hydrogen) atoms. The molecule has 6 heteroatoms. The molecule has 0 saturated carbocycles. The Labute approximate surface area is 121 Å². The number of amides is 1. The maximum Gasteiger partial charge on any atom is 0.250 e. The molecule has 1 aromatic carbocycles. The predicted octanol–water partition coefficient (Wildman–Crippen LogP) is 2.11. The van der Waals surface area contributed by atoms with Gasteiger partial charge in [-0.25, -0.2) is 15.4 Å². The fraction of sp³-hybridized carbons (Fsp3) is 0.143. The molecule has 2 rings (SSSR count). The standard InChI is InChI=1S/C14H14N4OS/c1-11(12-6-3-2-4-7-12)17-18-13(19)10-20-14-15-8-5-9-16-14/h2-9H,10H2,1H3,(H,18,19)/b17-11-. The van der Waals surface area contributed by atoms with E-state index in [0.717, 1.165) is 11.3 Å². The van der Waals surface area contributed by atoms with Crippen molar-refractivity contribution in [3.8, 4) is 0 Å². The molecule has 0 fully saturated rings. The first-order valence-corrected chi connectivity index (χ1v) is 7.02. The van der Waals surface area contributed by atoms with E-state index in [2.05, 4.69) is 20.5 Å². The summed E-state index contributed by atoms with van der Waals surface area (Å²) >= 11 is 1.27. The van der Waals surface area contributed by atoms with Crippen molar-refractivity contribution < 1.29 is 4.79 Å². The summed E-state index contributed by atoms with van der Waals surface area (Å²) in [6.07, 6.45) is 3.29. The number of benzene rings is 1. The minimum absolute atomic E-state index is 0.183. The van der Waals surface area contributed by atoms with Crippen LogP contribution in [0.25, 0.3) is 0 Å². The van der Waals surface area contributed by atoms with Crippen molar-refractivity contribution in [2.24, 2.45) is 5.10 Å². The Bertz CT molecular complexity index is 587. The number of aromatic nitrogens is 2. The van der Waals surface area contributed by atoms with E-state index in [1.165, 1.54) is 11.8 Å². The maximum atomic E-state index is 11.7. The van der Waals surface area contributed by atoms with Gasteiger partial charge in [-0.2, -0.15) is 5.10 Å². The van der Waals surface area contributed by atoms with Gasteiger partial charge in [-0.3, -0.25) is 4.79 Å². The van der Waals surface area contributed by atoms with Crippen molar-refractivity contribution in [3.63, 3.8) is 0 Å². The third-order valence-corrected chi connectivity index (χ3v) is 3.29. The maximum absolute atomic E-state index is 11.7. The van der Waals surface area contributed by atoms with Gasteiger partial charge in [-0.1, -0.05) is 42.1 Å². The summed E-state index contributed by atoms with van der Waals surface area (Å²) in [5.74, 6) is 0.0491. The first-order chi connectivity index (χ1) is 9.75. The minimum atomic E-state index is -0.183. The molecule has 0 radical (unpaired) electrons. The lowest BCUT2D eigenvalue weighted by Gasteiger charge is -2.02. The van der Waals surface area contributed by atoms with Gasteiger partial charge < -0.3 is 0 Å². The summed E-state index contributed by atoms with van der Waals surface area (Å²) < 4.78 is 0. The number of hydrazone groups is 1. The molecule has 0 unspecified atom stereocenters. The highest BCUT2D eigenvalue weighted by molar-refractivity contribution is 7.99. The van der Waals surface area contributed by atoms with Gasteiger partial charge in [0.15, 0.2) is 5.16 Å². The van der Waals surface area contributed by atoms with Crippen molar-refractivity contribution in [2.75, 3.05) is 5.75 Å². The summed E-state index contributed by atoms with van der Waals surface area (Å²) in [7, 11) is 0. The Kier molecular flexibility index (Phi) is 5.25. The van der Waals surface area contributed by atoms with Crippen LogP contribution in [0.4, 0.5) is 0 Å². The van der Waals surface area contributed by atoms with Crippen LogP contribution >= 0.6 is 11.8 Å². The van der Waals surface area contributed by atoms with Gasteiger partial charge in [0.25, 0.3) is 5.91 Å². The highest BCUT2D eigenvalue weighted by Gasteiger charge is 2.04.